The molecule has 4 rings (SSSR count). The summed E-state index contributed by atoms with van der Waals surface area (Å²) in [5, 5.41) is 15.8. The van der Waals surface area contributed by atoms with Crippen LogP contribution >= 0.6 is 0 Å². The van der Waals surface area contributed by atoms with Gasteiger partial charge in [-0.25, -0.2) is 9.18 Å². The third-order valence-electron chi connectivity index (χ3n) is 6.15. The van der Waals surface area contributed by atoms with Crippen molar-refractivity contribution in [1.29, 1.82) is 0 Å². The first-order valence-electron chi connectivity index (χ1n) is 9.26. The van der Waals surface area contributed by atoms with E-state index >= 15 is 0 Å². The van der Waals surface area contributed by atoms with Crippen molar-refractivity contribution in [2.75, 3.05) is 13.2 Å². The van der Waals surface area contributed by atoms with Gasteiger partial charge >= 0.3 is 6.03 Å². The van der Waals surface area contributed by atoms with Crippen LogP contribution in [0.4, 0.5) is 9.18 Å². The molecule has 2 saturated carbocycles. The summed E-state index contributed by atoms with van der Waals surface area (Å²) in [5.74, 6) is 1.36. The summed E-state index contributed by atoms with van der Waals surface area (Å²) < 4.78 is 19.1. The molecule has 0 radical (unpaired) electrons. The fraction of sp³-hybridized carbons (Fsp3) is 0.632. The second kappa shape index (κ2) is 6.83. The second-order valence-corrected chi connectivity index (χ2v) is 7.55. The zero-order valence-corrected chi connectivity index (χ0v) is 14.2. The zero-order valence-electron chi connectivity index (χ0n) is 14.2. The van der Waals surface area contributed by atoms with Gasteiger partial charge < -0.3 is 20.5 Å². The summed E-state index contributed by atoms with van der Waals surface area (Å²) >= 11 is 0. The number of hydrogen-bond acceptors (Lipinski definition) is 3. The van der Waals surface area contributed by atoms with Crippen molar-refractivity contribution in [3.05, 3.63) is 29.6 Å². The van der Waals surface area contributed by atoms with E-state index in [1.165, 1.54) is 12.1 Å². The first-order chi connectivity index (χ1) is 12.2. The molecule has 5 unspecified atom stereocenters. The minimum atomic E-state index is -0.336. The van der Waals surface area contributed by atoms with E-state index in [-0.39, 0.29) is 36.5 Å². The normalized spacial score (nSPS) is 33.3. The zero-order chi connectivity index (χ0) is 17.4. The lowest BCUT2D eigenvalue weighted by Gasteiger charge is -2.31. The highest BCUT2D eigenvalue weighted by Crippen LogP contribution is 2.48. The lowest BCUT2D eigenvalue weighted by molar-refractivity contribution is 0.143. The number of nitrogens with one attached hydrogen (secondary N) is 2. The number of fused-ring (bicyclic) bond motifs is 3. The van der Waals surface area contributed by atoms with Gasteiger partial charge in [-0.05, 0) is 50.0 Å². The lowest BCUT2D eigenvalue weighted by Crippen LogP contribution is -2.49. The van der Waals surface area contributed by atoms with Gasteiger partial charge in [-0.1, -0.05) is 6.07 Å². The molecule has 5 nitrogen and oxygen atoms in total. The molecule has 2 bridgehead atoms. The molecule has 25 heavy (non-hydrogen) atoms. The Labute approximate surface area is 146 Å². The van der Waals surface area contributed by atoms with Crippen LogP contribution in [-0.4, -0.2) is 30.4 Å². The molecular weight excluding hydrogens is 323 g/mol. The van der Waals surface area contributed by atoms with Crippen LogP contribution in [0.3, 0.4) is 0 Å². The molecule has 2 amide bonds. The van der Waals surface area contributed by atoms with E-state index in [1.54, 1.807) is 6.07 Å². The van der Waals surface area contributed by atoms with Gasteiger partial charge in [0.05, 0.1) is 12.6 Å². The molecule has 136 valence electrons. The summed E-state index contributed by atoms with van der Waals surface area (Å²) in [4.78, 5) is 12.6. The SMILES string of the molecule is O=C(NC1CCCOc2cc(F)ccc21)NC1C2CCC(C2)C1CO. The van der Waals surface area contributed by atoms with Gasteiger partial charge in [0.15, 0.2) is 0 Å². The van der Waals surface area contributed by atoms with Crippen LogP contribution in [-0.2, 0) is 0 Å². The molecule has 6 heteroatoms. The molecule has 0 aromatic heterocycles. The Kier molecular flexibility index (Phi) is 4.54. The molecular formula is C19H25FN2O3. The van der Waals surface area contributed by atoms with Gasteiger partial charge in [-0.15, -0.1) is 0 Å². The number of benzene rings is 1. The Morgan fingerprint density at radius 1 is 1.24 bits per heavy atom. The van der Waals surface area contributed by atoms with Crippen LogP contribution in [0.25, 0.3) is 0 Å². The summed E-state index contributed by atoms with van der Waals surface area (Å²) in [6.07, 6.45) is 4.95. The van der Waals surface area contributed by atoms with Gasteiger partial charge in [0.1, 0.15) is 11.6 Å². The molecule has 1 aliphatic heterocycles. The van der Waals surface area contributed by atoms with E-state index in [2.05, 4.69) is 10.6 Å². The van der Waals surface area contributed by atoms with Gasteiger partial charge in [0.2, 0.25) is 0 Å². The number of aliphatic hydroxyl groups excluding tert-OH is 1. The Morgan fingerprint density at radius 3 is 2.92 bits per heavy atom. The maximum Gasteiger partial charge on any atom is 0.315 e. The average molecular weight is 348 g/mol. The van der Waals surface area contributed by atoms with Crippen LogP contribution in [0.2, 0.25) is 0 Å². The van der Waals surface area contributed by atoms with E-state index in [4.69, 9.17) is 4.74 Å². The number of rotatable bonds is 3. The summed E-state index contributed by atoms with van der Waals surface area (Å²) in [6, 6.07) is 4.12. The Bertz CT molecular complexity index is 654. The molecule has 1 aromatic carbocycles. The van der Waals surface area contributed by atoms with Crippen molar-refractivity contribution in [1.82, 2.24) is 10.6 Å². The number of halogens is 1. The van der Waals surface area contributed by atoms with Crippen molar-refractivity contribution >= 4 is 6.03 Å². The third kappa shape index (κ3) is 3.19. The minimum absolute atomic E-state index is 0.0541. The minimum Gasteiger partial charge on any atom is -0.493 e. The number of hydrogen-bond donors (Lipinski definition) is 3. The van der Waals surface area contributed by atoms with Crippen LogP contribution in [0.5, 0.6) is 5.75 Å². The Hall–Kier alpha value is -1.82. The number of amides is 2. The molecule has 3 aliphatic rings. The number of carbonyl (C=O) groups excluding carboxylic acids is 1. The van der Waals surface area contributed by atoms with Gasteiger partial charge in [0.25, 0.3) is 0 Å². The van der Waals surface area contributed by atoms with E-state index in [1.807, 2.05) is 0 Å². The van der Waals surface area contributed by atoms with Crippen LogP contribution in [0.1, 0.15) is 43.7 Å². The molecule has 0 spiro atoms. The smallest absolute Gasteiger partial charge is 0.315 e. The van der Waals surface area contributed by atoms with Gasteiger partial charge in [-0.3, -0.25) is 0 Å². The predicted octanol–water partition coefficient (Wildman–Crippen LogP) is 2.75. The first-order valence-corrected chi connectivity index (χ1v) is 9.26. The topological polar surface area (TPSA) is 70.6 Å². The summed E-state index contributed by atoms with van der Waals surface area (Å²) in [7, 11) is 0. The van der Waals surface area contributed by atoms with E-state index in [0.29, 0.717) is 24.2 Å². The number of ether oxygens (including phenoxy) is 1. The van der Waals surface area contributed by atoms with E-state index in [9.17, 15) is 14.3 Å². The molecule has 5 atom stereocenters. The summed E-state index contributed by atoms with van der Waals surface area (Å²) in [5.41, 5.74) is 0.820. The van der Waals surface area contributed by atoms with Crippen LogP contribution < -0.4 is 15.4 Å². The molecule has 1 aromatic rings. The van der Waals surface area contributed by atoms with E-state index in [0.717, 1.165) is 37.7 Å². The van der Waals surface area contributed by atoms with Gasteiger partial charge in [-0.2, -0.15) is 0 Å². The van der Waals surface area contributed by atoms with Crippen molar-refractivity contribution in [3.8, 4) is 5.75 Å². The van der Waals surface area contributed by atoms with Gasteiger partial charge in [0, 0.05) is 30.2 Å². The maximum atomic E-state index is 13.5. The molecule has 2 aliphatic carbocycles. The van der Waals surface area contributed by atoms with Crippen molar-refractivity contribution in [3.63, 3.8) is 0 Å². The quantitative estimate of drug-likeness (QED) is 0.787. The van der Waals surface area contributed by atoms with Crippen molar-refractivity contribution in [2.45, 2.75) is 44.2 Å². The van der Waals surface area contributed by atoms with Crippen molar-refractivity contribution < 1.29 is 19.0 Å². The number of carbonyl (C=O) groups is 1. The lowest BCUT2D eigenvalue weighted by atomic mass is 9.85. The fourth-order valence-electron chi connectivity index (χ4n) is 4.95. The monoisotopic (exact) mass is 348 g/mol. The van der Waals surface area contributed by atoms with Crippen molar-refractivity contribution in [2.24, 2.45) is 17.8 Å². The highest BCUT2D eigenvalue weighted by molar-refractivity contribution is 5.75. The molecule has 1 heterocycles. The standard InChI is InChI=1S/C19H25FN2O3/c20-13-5-6-14-16(2-1-7-25-17(14)9-13)21-19(24)22-18-12-4-3-11(8-12)15(18)10-23/h5-6,9,11-12,15-16,18,23H,1-4,7-8,10H2,(H2,21,22,24). The largest absolute Gasteiger partial charge is 0.493 e. The Balaban J connectivity index is 1.44. The van der Waals surface area contributed by atoms with E-state index < -0.39 is 0 Å². The second-order valence-electron chi connectivity index (χ2n) is 7.55. The highest BCUT2D eigenvalue weighted by atomic mass is 19.1. The maximum absolute atomic E-state index is 13.5. The van der Waals surface area contributed by atoms with Crippen LogP contribution in [0.15, 0.2) is 18.2 Å². The Morgan fingerprint density at radius 2 is 2.08 bits per heavy atom. The molecule has 0 saturated heterocycles. The number of urea groups is 1. The highest BCUT2D eigenvalue weighted by Gasteiger charge is 2.47. The summed E-state index contributed by atoms with van der Waals surface area (Å²) in [6.45, 7) is 0.653. The predicted molar refractivity (Wildman–Crippen MR) is 90.7 cm³/mol. The third-order valence-corrected chi connectivity index (χ3v) is 6.15. The molecule has 2 fully saturated rings. The number of aliphatic hydroxyl groups is 1. The molecule has 3 N–H and O–H groups in total. The average Bonchev–Trinajstić information content (AvgIpc) is 3.13. The fourth-order valence-corrected chi connectivity index (χ4v) is 4.95. The van der Waals surface area contributed by atoms with Crippen LogP contribution in [0, 0.1) is 23.6 Å². The first kappa shape index (κ1) is 16.6.